The lowest BCUT2D eigenvalue weighted by molar-refractivity contribution is -0.139. The molecule has 176 valence electrons. The minimum atomic E-state index is -4.00. The fourth-order valence-electron chi connectivity index (χ4n) is 3.37. The molecule has 0 unspecified atom stereocenters. The highest BCUT2D eigenvalue weighted by Gasteiger charge is 2.36. The fourth-order valence-corrected chi connectivity index (χ4v) is 5.04. The maximum Gasteiger partial charge on any atom is 0.338 e. The van der Waals surface area contributed by atoms with Crippen molar-refractivity contribution in [2.45, 2.75) is 17.9 Å². The van der Waals surface area contributed by atoms with Crippen LogP contribution in [0.1, 0.15) is 18.5 Å². The van der Waals surface area contributed by atoms with Crippen molar-refractivity contribution in [1.29, 1.82) is 0 Å². The summed E-state index contributed by atoms with van der Waals surface area (Å²) in [6.07, 6.45) is 0. The monoisotopic (exact) mass is 494 g/mol. The number of benzene rings is 2. The number of halogens is 1. The number of carbonyl (C=O) groups excluding carboxylic acids is 2. The molecular weight excluding hydrogens is 472 g/mol. The Morgan fingerprint density at radius 1 is 1.12 bits per heavy atom. The number of hydrogen-bond donors (Lipinski definition) is 2. The van der Waals surface area contributed by atoms with E-state index < -0.39 is 33.6 Å². The summed E-state index contributed by atoms with van der Waals surface area (Å²) in [6, 6.07) is 9.15. The van der Waals surface area contributed by atoms with Crippen molar-refractivity contribution in [2.75, 3.05) is 26.6 Å². The second kappa shape index (κ2) is 10.1. The van der Waals surface area contributed by atoms with Crippen LogP contribution in [0.2, 0.25) is 5.02 Å². The summed E-state index contributed by atoms with van der Waals surface area (Å²) in [5.41, 5.74) is 0.416. The van der Waals surface area contributed by atoms with Gasteiger partial charge in [-0.15, -0.1) is 0 Å². The Balaban J connectivity index is 2.10. The van der Waals surface area contributed by atoms with Crippen LogP contribution in [0.3, 0.4) is 0 Å². The highest BCUT2D eigenvalue weighted by atomic mass is 35.5. The van der Waals surface area contributed by atoms with E-state index in [1.807, 2.05) is 0 Å². The molecule has 0 saturated heterocycles. The molecule has 0 spiro atoms. The topological polar surface area (TPSA) is 120 Å². The van der Waals surface area contributed by atoms with Gasteiger partial charge in [-0.3, -0.25) is 0 Å². The summed E-state index contributed by atoms with van der Waals surface area (Å²) in [4.78, 5) is 25.2. The van der Waals surface area contributed by atoms with Gasteiger partial charge in [0.1, 0.15) is 11.5 Å². The lowest BCUT2D eigenvalue weighted by Gasteiger charge is -2.29. The Labute approximate surface area is 196 Å². The van der Waals surface area contributed by atoms with Crippen molar-refractivity contribution in [3.8, 4) is 11.5 Å². The molecule has 0 radical (unpaired) electrons. The minimum Gasteiger partial charge on any atom is -0.497 e. The Bertz CT molecular complexity index is 1210. The third-order valence-electron chi connectivity index (χ3n) is 4.89. The molecule has 0 aliphatic carbocycles. The lowest BCUT2D eigenvalue weighted by atomic mass is 9.95. The van der Waals surface area contributed by atoms with Crippen molar-refractivity contribution in [3.05, 3.63) is 64.3 Å². The molecule has 2 aromatic carbocycles. The SMILES string of the molecule is CCOC(=O)C1=C(CS(=O)(=O)c2ccc(OC)c(Cl)c2)NC(=O)N[C@@H]1c1cccc(OC)c1. The van der Waals surface area contributed by atoms with E-state index >= 15 is 0 Å². The van der Waals surface area contributed by atoms with Gasteiger partial charge in [-0.1, -0.05) is 23.7 Å². The van der Waals surface area contributed by atoms with E-state index in [0.29, 0.717) is 17.1 Å². The van der Waals surface area contributed by atoms with Crippen molar-refractivity contribution < 1.29 is 32.2 Å². The van der Waals surface area contributed by atoms with Crippen molar-refractivity contribution in [3.63, 3.8) is 0 Å². The summed E-state index contributed by atoms with van der Waals surface area (Å²) in [6.45, 7) is 1.69. The average Bonchev–Trinajstić information content (AvgIpc) is 2.78. The number of amides is 2. The number of rotatable bonds is 8. The van der Waals surface area contributed by atoms with Crippen LogP contribution in [0.15, 0.2) is 58.6 Å². The van der Waals surface area contributed by atoms with Gasteiger partial charge in [0.25, 0.3) is 0 Å². The average molecular weight is 495 g/mol. The van der Waals surface area contributed by atoms with Gasteiger partial charge in [0.2, 0.25) is 0 Å². The predicted molar refractivity (Wildman–Crippen MR) is 121 cm³/mol. The number of urea groups is 1. The number of sulfone groups is 1. The number of nitrogens with one attached hydrogen (secondary N) is 2. The molecule has 33 heavy (non-hydrogen) atoms. The van der Waals surface area contributed by atoms with Gasteiger partial charge in [0.15, 0.2) is 9.84 Å². The van der Waals surface area contributed by atoms with Crippen LogP contribution in [-0.2, 0) is 19.4 Å². The first-order valence-electron chi connectivity index (χ1n) is 9.88. The minimum absolute atomic E-state index is 0.0205. The van der Waals surface area contributed by atoms with E-state index in [1.165, 1.54) is 32.4 Å². The zero-order valence-electron chi connectivity index (χ0n) is 18.2. The predicted octanol–water partition coefficient (Wildman–Crippen LogP) is 3.00. The standard InChI is InChI=1S/C22H23ClN2O7S/c1-4-32-21(26)19-17(12-33(28,29)15-8-9-18(31-3)16(23)11-15)24-22(27)25-20(19)13-6-5-7-14(10-13)30-2/h5-11,20H,4,12H2,1-3H3,(H2,24,25,27)/t20-/m1/s1. The van der Waals surface area contributed by atoms with Crippen LogP contribution < -0.4 is 20.1 Å². The van der Waals surface area contributed by atoms with Gasteiger partial charge in [0, 0.05) is 5.70 Å². The zero-order chi connectivity index (χ0) is 24.2. The number of carbonyl (C=O) groups is 2. The smallest absolute Gasteiger partial charge is 0.338 e. The maximum atomic E-state index is 13.2. The summed E-state index contributed by atoms with van der Waals surface area (Å²) < 4.78 is 41.8. The number of ether oxygens (including phenoxy) is 3. The molecule has 0 bridgehead atoms. The van der Waals surface area contributed by atoms with E-state index in [-0.39, 0.29) is 27.8 Å². The quantitative estimate of drug-likeness (QED) is 0.541. The largest absolute Gasteiger partial charge is 0.497 e. The van der Waals surface area contributed by atoms with E-state index in [2.05, 4.69) is 10.6 Å². The Morgan fingerprint density at radius 3 is 2.52 bits per heavy atom. The third kappa shape index (κ3) is 5.40. The molecule has 1 heterocycles. The molecule has 11 heteroatoms. The molecule has 2 N–H and O–H groups in total. The molecule has 2 aromatic rings. The van der Waals surface area contributed by atoms with Crippen LogP contribution in [0.5, 0.6) is 11.5 Å². The first-order valence-corrected chi connectivity index (χ1v) is 11.9. The van der Waals surface area contributed by atoms with Gasteiger partial charge in [0.05, 0.1) is 48.1 Å². The molecule has 1 aliphatic rings. The Hall–Kier alpha value is -3.24. The molecule has 1 aliphatic heterocycles. The van der Waals surface area contributed by atoms with E-state index in [0.717, 1.165) is 0 Å². The van der Waals surface area contributed by atoms with Crippen LogP contribution >= 0.6 is 11.6 Å². The summed E-state index contributed by atoms with van der Waals surface area (Å²) in [5, 5.41) is 5.23. The Morgan fingerprint density at radius 2 is 1.88 bits per heavy atom. The number of esters is 1. The van der Waals surface area contributed by atoms with Crippen LogP contribution in [0, 0.1) is 0 Å². The maximum absolute atomic E-state index is 13.2. The zero-order valence-corrected chi connectivity index (χ0v) is 19.7. The van der Waals surface area contributed by atoms with E-state index in [4.69, 9.17) is 25.8 Å². The Kier molecular flexibility index (Phi) is 7.50. The molecule has 1 atom stereocenters. The molecule has 0 aromatic heterocycles. The van der Waals surface area contributed by atoms with E-state index in [9.17, 15) is 18.0 Å². The summed E-state index contributed by atoms with van der Waals surface area (Å²) >= 11 is 6.09. The lowest BCUT2D eigenvalue weighted by Crippen LogP contribution is -2.47. The number of methoxy groups -OCH3 is 2. The van der Waals surface area contributed by atoms with Crippen LogP contribution in [0.4, 0.5) is 4.79 Å². The summed E-state index contributed by atoms with van der Waals surface area (Å²) in [7, 11) is -1.11. The van der Waals surface area contributed by atoms with Crippen molar-refractivity contribution >= 4 is 33.4 Å². The highest BCUT2D eigenvalue weighted by Crippen LogP contribution is 2.32. The van der Waals surface area contributed by atoms with Gasteiger partial charge in [-0.05, 0) is 42.8 Å². The fraction of sp³-hybridized carbons (Fsp3) is 0.273. The van der Waals surface area contributed by atoms with E-state index in [1.54, 1.807) is 31.2 Å². The molecule has 2 amide bonds. The van der Waals surface area contributed by atoms with Crippen molar-refractivity contribution in [1.82, 2.24) is 10.6 Å². The van der Waals surface area contributed by atoms with Gasteiger partial charge >= 0.3 is 12.0 Å². The van der Waals surface area contributed by atoms with Gasteiger partial charge in [-0.2, -0.15) is 0 Å². The molecule has 3 rings (SSSR count). The molecule has 0 saturated carbocycles. The second-order valence-electron chi connectivity index (χ2n) is 6.98. The van der Waals surface area contributed by atoms with Crippen LogP contribution in [0.25, 0.3) is 0 Å². The summed E-state index contributed by atoms with van der Waals surface area (Å²) in [5.74, 6) is -0.589. The second-order valence-corrected chi connectivity index (χ2v) is 9.37. The molecule has 0 fully saturated rings. The van der Waals surface area contributed by atoms with Crippen LogP contribution in [-0.4, -0.2) is 47.0 Å². The molecular formula is C22H23ClN2O7S. The first-order chi connectivity index (χ1) is 15.7. The van der Waals surface area contributed by atoms with Crippen molar-refractivity contribution in [2.24, 2.45) is 0 Å². The third-order valence-corrected chi connectivity index (χ3v) is 6.83. The number of hydrogen-bond acceptors (Lipinski definition) is 7. The molecule has 9 nitrogen and oxygen atoms in total. The highest BCUT2D eigenvalue weighted by molar-refractivity contribution is 7.91. The first kappa shape index (κ1) is 24.4. The van der Waals surface area contributed by atoms with Gasteiger partial charge < -0.3 is 24.8 Å². The van der Waals surface area contributed by atoms with Gasteiger partial charge in [-0.25, -0.2) is 18.0 Å². The normalized spacial score (nSPS) is 16.0.